The Morgan fingerprint density at radius 2 is 1.40 bits per heavy atom. The molecule has 1 aromatic carbocycles. The molecule has 1 rings (SSSR count). The molecule has 0 saturated heterocycles. The van der Waals surface area contributed by atoms with Gasteiger partial charge in [-0.2, -0.15) is 0 Å². The Hall–Kier alpha value is -0.416. The molecule has 84 valence electrons. The van der Waals surface area contributed by atoms with Crippen LogP contribution in [0.4, 0.5) is 4.39 Å². The summed E-state index contributed by atoms with van der Waals surface area (Å²) in [6.07, 6.45) is 0. The van der Waals surface area contributed by atoms with Crippen LogP contribution in [0.2, 0.25) is 39.3 Å². The zero-order valence-electron chi connectivity index (χ0n) is 10.6. The van der Waals surface area contributed by atoms with Crippen LogP contribution in [0.1, 0.15) is 0 Å². The average molecular weight is 240 g/mol. The van der Waals surface area contributed by atoms with Crippen LogP contribution in [0.25, 0.3) is 0 Å². The molecule has 0 aliphatic heterocycles. The molecule has 0 fully saturated rings. The van der Waals surface area contributed by atoms with Gasteiger partial charge in [-0.15, -0.1) is 0 Å². The van der Waals surface area contributed by atoms with Crippen molar-refractivity contribution < 1.29 is 4.39 Å². The zero-order chi connectivity index (χ0) is 11.9. The third-order valence-corrected chi connectivity index (χ3v) is 6.68. The van der Waals surface area contributed by atoms with Crippen molar-refractivity contribution in [1.29, 1.82) is 0 Å². The van der Waals surface area contributed by atoms with E-state index in [2.05, 4.69) is 45.3 Å². The first-order chi connectivity index (χ1) is 6.62. The third kappa shape index (κ3) is 3.02. The van der Waals surface area contributed by atoms with E-state index in [1.807, 2.05) is 6.07 Å². The van der Waals surface area contributed by atoms with Crippen molar-refractivity contribution >= 4 is 26.5 Å². The molecule has 0 spiro atoms. The first-order valence-electron chi connectivity index (χ1n) is 5.43. The quantitative estimate of drug-likeness (QED) is 0.697. The predicted octanol–water partition coefficient (Wildman–Crippen LogP) is 2.92. The van der Waals surface area contributed by atoms with Crippen molar-refractivity contribution in [3.63, 3.8) is 0 Å². The topological polar surface area (TPSA) is 0 Å². The average Bonchev–Trinajstić information content (AvgIpc) is 2.00. The van der Waals surface area contributed by atoms with Crippen LogP contribution in [0.3, 0.4) is 0 Å². The van der Waals surface area contributed by atoms with Gasteiger partial charge in [-0.1, -0.05) is 56.6 Å². The molecule has 1 aromatic rings. The molecule has 15 heavy (non-hydrogen) atoms. The van der Waals surface area contributed by atoms with Gasteiger partial charge in [0.2, 0.25) is 0 Å². The van der Waals surface area contributed by atoms with Gasteiger partial charge in [-0.05, 0) is 11.3 Å². The second-order valence-electron chi connectivity index (χ2n) is 6.19. The van der Waals surface area contributed by atoms with Crippen molar-refractivity contribution in [2.24, 2.45) is 0 Å². The van der Waals surface area contributed by atoms with Gasteiger partial charge in [-0.3, -0.25) is 0 Å². The van der Waals surface area contributed by atoms with Gasteiger partial charge in [0.25, 0.3) is 0 Å². The van der Waals surface area contributed by atoms with E-state index in [4.69, 9.17) is 0 Å². The normalized spacial score (nSPS) is 13.0. The summed E-state index contributed by atoms with van der Waals surface area (Å²) in [6.45, 7) is 13.5. The van der Waals surface area contributed by atoms with Crippen LogP contribution in [0, 0.1) is 5.82 Å². The fourth-order valence-electron chi connectivity index (χ4n) is 1.57. The fourth-order valence-corrected chi connectivity index (χ4v) is 4.26. The van der Waals surface area contributed by atoms with Crippen LogP contribution in [-0.4, -0.2) is 16.1 Å². The summed E-state index contributed by atoms with van der Waals surface area (Å²) in [5, 5.41) is 2.34. The number of hydrogen-bond donors (Lipinski definition) is 0. The zero-order valence-corrected chi connectivity index (χ0v) is 12.6. The molecule has 0 unspecified atom stereocenters. The van der Waals surface area contributed by atoms with Crippen molar-refractivity contribution in [2.75, 3.05) is 0 Å². The van der Waals surface area contributed by atoms with Gasteiger partial charge in [0.1, 0.15) is 5.82 Å². The highest BCUT2D eigenvalue weighted by Gasteiger charge is 2.24. The van der Waals surface area contributed by atoms with Crippen molar-refractivity contribution in [1.82, 2.24) is 0 Å². The van der Waals surface area contributed by atoms with E-state index < -0.39 is 16.1 Å². The predicted molar refractivity (Wildman–Crippen MR) is 72.4 cm³/mol. The van der Waals surface area contributed by atoms with Gasteiger partial charge in [0.15, 0.2) is 0 Å². The fraction of sp³-hybridized carbons (Fsp3) is 0.500. The van der Waals surface area contributed by atoms with Crippen LogP contribution >= 0.6 is 0 Å². The Bertz CT molecular complexity index is 359. The van der Waals surface area contributed by atoms with Crippen LogP contribution in [0.5, 0.6) is 0 Å². The molecular formula is C12H21FSi2. The maximum Gasteiger partial charge on any atom is 0.122 e. The minimum atomic E-state index is -1.54. The number of halogens is 1. The van der Waals surface area contributed by atoms with Crippen LogP contribution in [-0.2, 0) is 0 Å². The summed E-state index contributed by atoms with van der Waals surface area (Å²) in [6, 6.07) is 5.74. The molecule has 0 N–H and O–H groups in total. The highest BCUT2D eigenvalue weighted by molar-refractivity contribution is 6.91. The molecule has 0 nitrogen and oxygen atoms in total. The maximum atomic E-state index is 13.7. The van der Waals surface area contributed by atoms with E-state index in [9.17, 15) is 4.39 Å². The lowest BCUT2D eigenvalue weighted by atomic mass is 10.3. The second kappa shape index (κ2) is 3.87. The van der Waals surface area contributed by atoms with Crippen molar-refractivity contribution in [2.45, 2.75) is 39.3 Å². The van der Waals surface area contributed by atoms with E-state index in [1.54, 1.807) is 6.07 Å². The monoisotopic (exact) mass is 240 g/mol. The lowest BCUT2D eigenvalue weighted by Crippen LogP contribution is -2.46. The molecule has 3 heteroatoms. The van der Waals surface area contributed by atoms with Crippen molar-refractivity contribution in [3.05, 3.63) is 24.0 Å². The van der Waals surface area contributed by atoms with Gasteiger partial charge < -0.3 is 0 Å². The van der Waals surface area contributed by atoms with Gasteiger partial charge >= 0.3 is 0 Å². The smallest absolute Gasteiger partial charge is 0.122 e. The summed E-state index contributed by atoms with van der Waals surface area (Å²) in [5.74, 6) is -0.0174. The largest absolute Gasteiger partial charge is 0.207 e. The summed E-state index contributed by atoms with van der Waals surface area (Å²) >= 11 is 0. The Morgan fingerprint density at radius 3 is 1.80 bits per heavy atom. The Labute approximate surface area is 94.5 Å². The molecule has 0 aromatic heterocycles. The maximum absolute atomic E-state index is 13.7. The molecule has 0 aliphatic carbocycles. The summed E-state index contributed by atoms with van der Waals surface area (Å²) in [4.78, 5) is 0. The molecule has 0 amide bonds. The Morgan fingerprint density at radius 1 is 0.867 bits per heavy atom. The van der Waals surface area contributed by atoms with Gasteiger partial charge in [-0.25, -0.2) is 4.39 Å². The lowest BCUT2D eigenvalue weighted by molar-refractivity contribution is 0.635. The lowest BCUT2D eigenvalue weighted by Gasteiger charge is -2.23. The number of rotatable bonds is 2. The second-order valence-corrected chi connectivity index (χ2v) is 16.3. The summed E-state index contributed by atoms with van der Waals surface area (Å²) < 4.78 is 13.7. The first kappa shape index (κ1) is 12.7. The summed E-state index contributed by atoms with van der Waals surface area (Å²) in [5.41, 5.74) is 0. The highest BCUT2D eigenvalue weighted by atomic mass is 28.3. The van der Waals surface area contributed by atoms with Crippen LogP contribution in [0.15, 0.2) is 18.2 Å². The summed E-state index contributed by atoms with van der Waals surface area (Å²) in [7, 11) is -2.85. The van der Waals surface area contributed by atoms with E-state index in [1.165, 1.54) is 5.19 Å². The van der Waals surface area contributed by atoms with Crippen LogP contribution < -0.4 is 10.4 Å². The minimum Gasteiger partial charge on any atom is -0.207 e. The Kier molecular flexibility index (Phi) is 3.26. The van der Waals surface area contributed by atoms with E-state index in [0.29, 0.717) is 0 Å². The third-order valence-electron chi connectivity index (χ3n) is 2.64. The standard InChI is InChI=1S/C12H21FSi2/c1-14(2,3)10-7-8-11(13)12(9-10)15(4,5)6/h7-9H,1-6H3. The van der Waals surface area contributed by atoms with Crippen molar-refractivity contribution in [3.8, 4) is 0 Å². The highest BCUT2D eigenvalue weighted by Crippen LogP contribution is 2.08. The van der Waals surface area contributed by atoms with Gasteiger partial charge in [0, 0.05) is 0 Å². The Balaban J connectivity index is 3.30. The van der Waals surface area contributed by atoms with E-state index in [0.717, 1.165) is 5.19 Å². The molecule has 0 radical (unpaired) electrons. The molecule has 0 aliphatic rings. The first-order valence-corrected chi connectivity index (χ1v) is 12.4. The number of hydrogen-bond acceptors (Lipinski definition) is 0. The number of benzene rings is 1. The minimum absolute atomic E-state index is 0.0174. The van der Waals surface area contributed by atoms with E-state index in [-0.39, 0.29) is 5.82 Å². The molecule has 0 atom stereocenters. The van der Waals surface area contributed by atoms with E-state index >= 15 is 0 Å². The molecule has 0 saturated carbocycles. The molecule has 0 heterocycles. The SMILES string of the molecule is C[Si](C)(C)c1ccc(F)c([Si](C)(C)C)c1. The molecular weight excluding hydrogens is 219 g/mol. The van der Waals surface area contributed by atoms with Gasteiger partial charge in [0.05, 0.1) is 16.1 Å². The molecule has 0 bridgehead atoms.